The summed E-state index contributed by atoms with van der Waals surface area (Å²) in [6.07, 6.45) is -0.696. The average Bonchev–Trinajstić information content (AvgIpc) is 2.72. The summed E-state index contributed by atoms with van der Waals surface area (Å²) >= 11 is 0. The Morgan fingerprint density at radius 2 is 1.96 bits per heavy atom. The lowest BCUT2D eigenvalue weighted by Crippen LogP contribution is -2.47. The molecule has 0 radical (unpaired) electrons. The topological polar surface area (TPSA) is 139 Å². The van der Waals surface area contributed by atoms with Crippen molar-refractivity contribution in [3.8, 4) is 0 Å². The molecule has 1 aromatic rings. The van der Waals surface area contributed by atoms with Crippen LogP contribution in [0.1, 0.15) is 41.0 Å². The van der Waals surface area contributed by atoms with E-state index in [-0.39, 0.29) is 18.1 Å². The number of ether oxygens (including phenoxy) is 1. The molecule has 0 bridgehead atoms. The number of rotatable bonds is 5. The van der Waals surface area contributed by atoms with Crippen LogP contribution in [-0.2, 0) is 9.53 Å². The SMILES string of the molecule is CC(C)(CC(=O)Nc1cc([N+](=O)[O-])[nH]n1)NC(=O)OC(C)(C)C. The quantitative estimate of drug-likeness (QED) is 0.558. The van der Waals surface area contributed by atoms with Gasteiger partial charge in [0.1, 0.15) is 5.60 Å². The maximum absolute atomic E-state index is 11.9. The van der Waals surface area contributed by atoms with Gasteiger partial charge in [-0.2, -0.15) is 0 Å². The van der Waals surface area contributed by atoms with Crippen LogP contribution in [0.25, 0.3) is 0 Å². The number of carbonyl (C=O) groups excluding carboxylic acids is 2. The molecular formula is C13H21N5O5. The number of aromatic nitrogens is 2. The molecule has 0 atom stereocenters. The van der Waals surface area contributed by atoms with Gasteiger partial charge in [-0.05, 0) is 39.5 Å². The summed E-state index contributed by atoms with van der Waals surface area (Å²) in [7, 11) is 0. The maximum atomic E-state index is 11.9. The Bertz CT molecular complexity index is 602. The summed E-state index contributed by atoms with van der Waals surface area (Å²) in [5.41, 5.74) is -1.51. The summed E-state index contributed by atoms with van der Waals surface area (Å²) in [6, 6.07) is 1.10. The van der Waals surface area contributed by atoms with E-state index in [0.717, 1.165) is 6.07 Å². The van der Waals surface area contributed by atoms with Crippen LogP contribution in [0.5, 0.6) is 0 Å². The molecule has 0 saturated carbocycles. The fraction of sp³-hybridized carbons (Fsp3) is 0.615. The van der Waals surface area contributed by atoms with Crippen molar-refractivity contribution in [2.75, 3.05) is 5.32 Å². The predicted octanol–water partition coefficient (Wildman–Crippen LogP) is 1.95. The molecule has 2 amide bonds. The molecule has 1 aromatic heterocycles. The van der Waals surface area contributed by atoms with E-state index < -0.39 is 28.1 Å². The van der Waals surface area contributed by atoms with Crippen LogP contribution in [0.4, 0.5) is 16.4 Å². The van der Waals surface area contributed by atoms with E-state index in [9.17, 15) is 19.7 Å². The van der Waals surface area contributed by atoms with Crippen LogP contribution in [0.15, 0.2) is 6.07 Å². The molecule has 0 fully saturated rings. The molecule has 0 aliphatic rings. The first kappa shape index (κ1) is 18.4. The Hall–Kier alpha value is -2.65. The van der Waals surface area contributed by atoms with E-state index in [0.29, 0.717) is 0 Å². The first-order chi connectivity index (χ1) is 10.4. The van der Waals surface area contributed by atoms with Crippen LogP contribution in [-0.4, -0.2) is 38.3 Å². The van der Waals surface area contributed by atoms with Gasteiger partial charge in [0.05, 0.1) is 6.07 Å². The van der Waals surface area contributed by atoms with E-state index in [1.807, 2.05) is 0 Å². The normalized spacial score (nSPS) is 11.7. The number of nitrogens with one attached hydrogen (secondary N) is 3. The number of anilines is 1. The van der Waals surface area contributed by atoms with Gasteiger partial charge in [0, 0.05) is 12.0 Å². The lowest BCUT2D eigenvalue weighted by atomic mass is 10.0. The number of alkyl carbamates (subject to hydrolysis) is 1. The monoisotopic (exact) mass is 327 g/mol. The molecule has 1 rings (SSSR count). The Labute approximate surface area is 133 Å². The van der Waals surface area contributed by atoms with Gasteiger partial charge in [0.25, 0.3) is 0 Å². The molecule has 23 heavy (non-hydrogen) atoms. The second-order valence-corrected chi connectivity index (χ2v) is 6.63. The van der Waals surface area contributed by atoms with Crippen LogP contribution in [0, 0.1) is 10.1 Å². The molecular weight excluding hydrogens is 306 g/mol. The fourth-order valence-corrected chi connectivity index (χ4v) is 1.68. The summed E-state index contributed by atoms with van der Waals surface area (Å²) in [6.45, 7) is 8.51. The van der Waals surface area contributed by atoms with Crippen molar-refractivity contribution in [1.82, 2.24) is 15.5 Å². The minimum Gasteiger partial charge on any atom is -0.444 e. The van der Waals surface area contributed by atoms with Gasteiger partial charge in [-0.15, -0.1) is 5.10 Å². The molecule has 0 aromatic carbocycles. The van der Waals surface area contributed by atoms with Gasteiger partial charge in [-0.25, -0.2) is 4.79 Å². The first-order valence-corrected chi connectivity index (χ1v) is 6.89. The fourth-order valence-electron chi connectivity index (χ4n) is 1.68. The van der Waals surface area contributed by atoms with Crippen molar-refractivity contribution in [3.63, 3.8) is 0 Å². The third-order valence-electron chi connectivity index (χ3n) is 2.47. The van der Waals surface area contributed by atoms with E-state index in [1.165, 1.54) is 0 Å². The third-order valence-corrected chi connectivity index (χ3v) is 2.47. The van der Waals surface area contributed by atoms with Crippen molar-refractivity contribution >= 4 is 23.6 Å². The number of H-pyrrole nitrogens is 1. The molecule has 3 N–H and O–H groups in total. The van der Waals surface area contributed by atoms with Crippen molar-refractivity contribution < 1.29 is 19.2 Å². The molecule has 1 heterocycles. The standard InChI is InChI=1S/C13H21N5O5/c1-12(2,3)23-11(20)15-13(4,5)7-10(19)14-8-6-9(17-16-8)18(21)22/h6H,7H2,1-5H3,(H,15,20)(H2,14,16,17,19). The lowest BCUT2D eigenvalue weighted by Gasteiger charge is -2.28. The second-order valence-electron chi connectivity index (χ2n) is 6.63. The minimum atomic E-state index is -0.866. The zero-order chi connectivity index (χ0) is 17.8. The first-order valence-electron chi connectivity index (χ1n) is 6.89. The van der Waals surface area contributed by atoms with E-state index in [1.54, 1.807) is 34.6 Å². The largest absolute Gasteiger partial charge is 0.444 e. The van der Waals surface area contributed by atoms with Crippen LogP contribution in [0.3, 0.4) is 0 Å². The number of aromatic amines is 1. The van der Waals surface area contributed by atoms with Gasteiger partial charge in [0.15, 0.2) is 5.82 Å². The molecule has 10 heteroatoms. The third kappa shape index (κ3) is 6.76. The van der Waals surface area contributed by atoms with E-state index >= 15 is 0 Å². The summed E-state index contributed by atoms with van der Waals surface area (Å²) in [4.78, 5) is 33.6. The second kappa shape index (κ2) is 6.63. The highest BCUT2D eigenvalue weighted by Crippen LogP contribution is 2.15. The molecule has 0 aliphatic heterocycles. The Morgan fingerprint density at radius 1 is 1.35 bits per heavy atom. The maximum Gasteiger partial charge on any atom is 0.408 e. The Morgan fingerprint density at radius 3 is 2.43 bits per heavy atom. The van der Waals surface area contributed by atoms with Gasteiger partial charge >= 0.3 is 11.9 Å². The molecule has 10 nitrogen and oxygen atoms in total. The molecule has 0 unspecified atom stereocenters. The average molecular weight is 327 g/mol. The van der Waals surface area contributed by atoms with E-state index in [4.69, 9.17) is 4.74 Å². The number of nitro groups is 1. The number of amides is 2. The number of hydrogen-bond acceptors (Lipinski definition) is 6. The smallest absolute Gasteiger partial charge is 0.408 e. The summed E-state index contributed by atoms with van der Waals surface area (Å²) in [5.74, 6) is -0.742. The van der Waals surface area contributed by atoms with Gasteiger partial charge in [-0.3, -0.25) is 4.79 Å². The van der Waals surface area contributed by atoms with Crippen LogP contribution < -0.4 is 10.6 Å². The highest BCUT2D eigenvalue weighted by Gasteiger charge is 2.27. The lowest BCUT2D eigenvalue weighted by molar-refractivity contribution is -0.389. The van der Waals surface area contributed by atoms with Crippen molar-refractivity contribution in [2.24, 2.45) is 0 Å². The van der Waals surface area contributed by atoms with Gasteiger partial charge < -0.3 is 25.5 Å². The molecule has 0 saturated heterocycles. The highest BCUT2D eigenvalue weighted by atomic mass is 16.6. The summed E-state index contributed by atoms with van der Waals surface area (Å²) in [5, 5.41) is 21.3. The van der Waals surface area contributed by atoms with Crippen molar-refractivity contribution in [1.29, 1.82) is 0 Å². The molecule has 128 valence electrons. The Kier molecular flexibility index (Phi) is 5.30. The zero-order valence-electron chi connectivity index (χ0n) is 13.7. The number of hydrogen-bond donors (Lipinski definition) is 3. The van der Waals surface area contributed by atoms with Gasteiger partial charge in [-0.1, -0.05) is 5.10 Å². The number of carbonyl (C=O) groups is 2. The molecule has 0 spiro atoms. The van der Waals surface area contributed by atoms with Crippen LogP contribution >= 0.6 is 0 Å². The molecule has 0 aliphatic carbocycles. The highest BCUT2D eigenvalue weighted by molar-refractivity contribution is 5.91. The number of nitrogens with zero attached hydrogens (tertiary/aromatic N) is 2. The van der Waals surface area contributed by atoms with Crippen molar-refractivity contribution in [3.05, 3.63) is 16.2 Å². The predicted molar refractivity (Wildman–Crippen MR) is 81.9 cm³/mol. The van der Waals surface area contributed by atoms with Crippen molar-refractivity contribution in [2.45, 2.75) is 52.2 Å². The van der Waals surface area contributed by atoms with Crippen LogP contribution in [0.2, 0.25) is 0 Å². The Balaban J connectivity index is 2.57. The minimum absolute atomic E-state index is 0.0368. The summed E-state index contributed by atoms with van der Waals surface area (Å²) < 4.78 is 5.13. The zero-order valence-corrected chi connectivity index (χ0v) is 13.7. The van der Waals surface area contributed by atoms with Gasteiger partial charge in [0.2, 0.25) is 5.91 Å². The van der Waals surface area contributed by atoms with E-state index in [2.05, 4.69) is 20.8 Å².